The number of methoxy groups -OCH3 is 1. The van der Waals surface area contributed by atoms with Gasteiger partial charge >= 0.3 is 5.97 Å². The summed E-state index contributed by atoms with van der Waals surface area (Å²) < 4.78 is 9.66. The summed E-state index contributed by atoms with van der Waals surface area (Å²) in [6.07, 6.45) is 0. The first-order valence-electron chi connectivity index (χ1n) is 4.10. The number of carbonyl (C=O) groups is 1. The molecule has 0 aromatic carbocycles. The van der Waals surface area contributed by atoms with Gasteiger partial charge in [-0.3, -0.25) is 0 Å². The number of aromatic nitrogens is 1. The Kier molecular flexibility index (Phi) is 3.84. The molecule has 0 aliphatic carbocycles. The molecular formula is C8H12N2O3S. The maximum Gasteiger partial charge on any atom is 0.360 e. The zero-order chi connectivity index (χ0) is 10.6. The van der Waals surface area contributed by atoms with Crippen molar-refractivity contribution in [3.63, 3.8) is 0 Å². The third kappa shape index (κ3) is 2.43. The second kappa shape index (κ2) is 4.92. The van der Waals surface area contributed by atoms with Gasteiger partial charge in [-0.05, 0) is 6.92 Å². The number of rotatable bonds is 4. The number of nitrogens with zero attached hydrogens (tertiary/aromatic N) is 1. The lowest BCUT2D eigenvalue weighted by atomic mass is 10.4. The molecule has 78 valence electrons. The van der Waals surface area contributed by atoms with E-state index >= 15 is 0 Å². The van der Waals surface area contributed by atoms with Crippen LogP contribution in [-0.4, -0.2) is 24.7 Å². The van der Waals surface area contributed by atoms with Crippen LogP contribution in [0.25, 0.3) is 0 Å². The average Bonchev–Trinajstić information content (AvgIpc) is 2.48. The van der Waals surface area contributed by atoms with Gasteiger partial charge in [-0.1, -0.05) is 11.3 Å². The number of thiazole rings is 1. The molecule has 1 aromatic rings. The van der Waals surface area contributed by atoms with Crippen molar-refractivity contribution in [2.75, 3.05) is 19.5 Å². The average molecular weight is 216 g/mol. The van der Waals surface area contributed by atoms with Crippen molar-refractivity contribution in [3.05, 3.63) is 10.7 Å². The highest BCUT2D eigenvalue weighted by atomic mass is 32.1. The molecule has 6 heteroatoms. The van der Waals surface area contributed by atoms with Gasteiger partial charge in [0.05, 0.1) is 13.2 Å². The van der Waals surface area contributed by atoms with Crippen LogP contribution in [0.5, 0.6) is 0 Å². The van der Waals surface area contributed by atoms with Gasteiger partial charge in [-0.25, -0.2) is 9.78 Å². The van der Waals surface area contributed by atoms with Crippen LogP contribution in [0.1, 0.15) is 22.4 Å². The highest BCUT2D eigenvalue weighted by Gasteiger charge is 2.16. The minimum Gasteiger partial charge on any atom is -0.461 e. The molecule has 14 heavy (non-hydrogen) atoms. The smallest absolute Gasteiger partial charge is 0.360 e. The fraction of sp³-hybridized carbons (Fsp3) is 0.500. The van der Waals surface area contributed by atoms with Gasteiger partial charge < -0.3 is 15.2 Å². The Morgan fingerprint density at radius 1 is 1.64 bits per heavy atom. The predicted octanol–water partition coefficient (Wildman–Crippen LogP) is 1.05. The van der Waals surface area contributed by atoms with E-state index in [0.29, 0.717) is 23.2 Å². The van der Waals surface area contributed by atoms with Crippen LogP contribution in [0.3, 0.4) is 0 Å². The van der Waals surface area contributed by atoms with E-state index in [2.05, 4.69) is 4.98 Å². The summed E-state index contributed by atoms with van der Waals surface area (Å²) in [6, 6.07) is 0. The van der Waals surface area contributed by atoms with Gasteiger partial charge in [0.2, 0.25) is 0 Å². The first kappa shape index (κ1) is 10.9. The predicted molar refractivity (Wildman–Crippen MR) is 53.2 cm³/mol. The lowest BCUT2D eigenvalue weighted by molar-refractivity contribution is 0.0521. The Balaban J connectivity index is 2.81. The van der Waals surface area contributed by atoms with E-state index in [1.54, 1.807) is 14.0 Å². The molecule has 0 radical (unpaired) electrons. The summed E-state index contributed by atoms with van der Waals surface area (Å²) in [5, 5.41) is 1.04. The quantitative estimate of drug-likeness (QED) is 0.761. The SMILES string of the molecule is CCOC(=O)c1nc(COC)sc1N. The van der Waals surface area contributed by atoms with Crippen molar-refractivity contribution < 1.29 is 14.3 Å². The number of hydrogen-bond donors (Lipinski definition) is 1. The molecule has 0 amide bonds. The number of esters is 1. The van der Waals surface area contributed by atoms with E-state index in [-0.39, 0.29) is 5.69 Å². The summed E-state index contributed by atoms with van der Waals surface area (Å²) >= 11 is 1.23. The lowest BCUT2D eigenvalue weighted by Gasteiger charge is -1.97. The lowest BCUT2D eigenvalue weighted by Crippen LogP contribution is -2.07. The van der Waals surface area contributed by atoms with Crippen molar-refractivity contribution in [1.29, 1.82) is 0 Å². The molecule has 0 atom stereocenters. The molecule has 5 nitrogen and oxygen atoms in total. The van der Waals surface area contributed by atoms with Crippen LogP contribution < -0.4 is 5.73 Å². The maximum absolute atomic E-state index is 11.3. The summed E-state index contributed by atoms with van der Waals surface area (Å²) in [4.78, 5) is 15.3. The van der Waals surface area contributed by atoms with Gasteiger partial charge in [0.1, 0.15) is 10.0 Å². The molecule has 1 rings (SSSR count). The zero-order valence-corrected chi connectivity index (χ0v) is 8.89. The fourth-order valence-corrected chi connectivity index (χ4v) is 1.70. The molecule has 0 fully saturated rings. The number of hydrogen-bond acceptors (Lipinski definition) is 6. The monoisotopic (exact) mass is 216 g/mol. The van der Waals surface area contributed by atoms with E-state index in [4.69, 9.17) is 15.2 Å². The molecule has 0 aliphatic heterocycles. The van der Waals surface area contributed by atoms with Crippen LogP contribution in [0.15, 0.2) is 0 Å². The molecular weight excluding hydrogens is 204 g/mol. The Hall–Kier alpha value is -1.14. The molecule has 0 spiro atoms. The minimum absolute atomic E-state index is 0.184. The third-order valence-electron chi connectivity index (χ3n) is 1.43. The topological polar surface area (TPSA) is 74.4 Å². The first-order chi connectivity index (χ1) is 6.69. The van der Waals surface area contributed by atoms with Gasteiger partial charge in [0.15, 0.2) is 5.69 Å². The molecule has 1 aromatic heterocycles. The second-order valence-corrected chi connectivity index (χ2v) is 3.59. The first-order valence-corrected chi connectivity index (χ1v) is 4.92. The summed E-state index contributed by atoms with van der Waals surface area (Å²) in [5.41, 5.74) is 5.79. The van der Waals surface area contributed by atoms with Crippen molar-refractivity contribution in [3.8, 4) is 0 Å². The van der Waals surface area contributed by atoms with Crippen LogP contribution >= 0.6 is 11.3 Å². The molecule has 2 N–H and O–H groups in total. The highest BCUT2D eigenvalue weighted by molar-refractivity contribution is 7.15. The standard InChI is InChI=1S/C8H12N2O3S/c1-3-13-8(11)6-7(9)14-5(10-6)4-12-2/h3-4,9H2,1-2H3. The Bertz CT molecular complexity index is 324. The maximum atomic E-state index is 11.3. The summed E-state index contributed by atoms with van der Waals surface area (Å²) in [7, 11) is 1.56. The second-order valence-electron chi connectivity index (χ2n) is 2.47. The van der Waals surface area contributed by atoms with E-state index in [9.17, 15) is 4.79 Å². The van der Waals surface area contributed by atoms with Gasteiger partial charge in [-0.2, -0.15) is 0 Å². The molecule has 0 aliphatic rings. The Morgan fingerprint density at radius 2 is 2.36 bits per heavy atom. The van der Waals surface area contributed by atoms with Crippen LogP contribution in [0.4, 0.5) is 5.00 Å². The number of nitrogens with two attached hydrogens (primary N) is 1. The molecule has 0 unspecified atom stereocenters. The Morgan fingerprint density at radius 3 is 2.93 bits per heavy atom. The summed E-state index contributed by atoms with van der Waals surface area (Å²) in [6.45, 7) is 2.40. The highest BCUT2D eigenvalue weighted by Crippen LogP contribution is 2.22. The van der Waals surface area contributed by atoms with E-state index in [1.165, 1.54) is 11.3 Å². The third-order valence-corrected chi connectivity index (χ3v) is 2.29. The summed E-state index contributed by atoms with van der Waals surface area (Å²) in [5.74, 6) is -0.483. The van der Waals surface area contributed by atoms with Gasteiger partial charge in [0.25, 0.3) is 0 Å². The minimum atomic E-state index is -0.483. The molecule has 0 saturated carbocycles. The normalized spacial score (nSPS) is 10.1. The number of anilines is 1. The van der Waals surface area contributed by atoms with Crippen molar-refractivity contribution in [2.24, 2.45) is 0 Å². The zero-order valence-electron chi connectivity index (χ0n) is 8.07. The van der Waals surface area contributed by atoms with Crippen molar-refractivity contribution in [1.82, 2.24) is 4.98 Å². The van der Waals surface area contributed by atoms with Gasteiger partial charge in [0, 0.05) is 7.11 Å². The van der Waals surface area contributed by atoms with Gasteiger partial charge in [-0.15, -0.1) is 0 Å². The number of ether oxygens (including phenoxy) is 2. The van der Waals surface area contributed by atoms with E-state index < -0.39 is 5.97 Å². The van der Waals surface area contributed by atoms with Crippen molar-refractivity contribution >= 4 is 22.3 Å². The molecule has 1 heterocycles. The largest absolute Gasteiger partial charge is 0.461 e. The van der Waals surface area contributed by atoms with Crippen LogP contribution in [0.2, 0.25) is 0 Å². The van der Waals surface area contributed by atoms with Crippen molar-refractivity contribution in [2.45, 2.75) is 13.5 Å². The Labute approximate surface area is 85.8 Å². The van der Waals surface area contributed by atoms with E-state index in [0.717, 1.165) is 0 Å². The molecule has 0 saturated heterocycles. The fourth-order valence-electron chi connectivity index (χ4n) is 0.909. The number of nitrogen functional groups attached to an aromatic ring is 1. The van der Waals surface area contributed by atoms with E-state index in [1.807, 2.05) is 0 Å². The van der Waals surface area contributed by atoms with Crippen LogP contribution in [0, 0.1) is 0 Å². The van der Waals surface area contributed by atoms with Crippen LogP contribution in [-0.2, 0) is 16.1 Å². The molecule has 0 bridgehead atoms. The number of carbonyl (C=O) groups excluding carboxylic acids is 1.